The zero-order valence-corrected chi connectivity index (χ0v) is 14.2. The standard InChI is InChI=1S/C17H23N5O3/c1-2-21(11-16(23)24)14-7-12(8-14)20-17(25)18-9-13-10-22-6-4-3-5-15(22)19-13/h3-6,10,12,14H,2,7-9,11H2,1H3,(H,23,24)(H2,18,20,25). The Morgan fingerprint density at radius 1 is 1.40 bits per heavy atom. The summed E-state index contributed by atoms with van der Waals surface area (Å²) in [6.45, 7) is 3.06. The predicted molar refractivity (Wildman–Crippen MR) is 92.3 cm³/mol. The van der Waals surface area contributed by atoms with Gasteiger partial charge in [0.1, 0.15) is 5.65 Å². The van der Waals surface area contributed by atoms with Crippen LogP contribution < -0.4 is 10.6 Å². The van der Waals surface area contributed by atoms with Crippen LogP contribution in [0.5, 0.6) is 0 Å². The Balaban J connectivity index is 1.41. The van der Waals surface area contributed by atoms with Gasteiger partial charge in [0.2, 0.25) is 0 Å². The number of likely N-dealkylation sites (N-methyl/N-ethyl adjacent to an activating group) is 1. The van der Waals surface area contributed by atoms with E-state index in [9.17, 15) is 9.59 Å². The van der Waals surface area contributed by atoms with Gasteiger partial charge in [-0.15, -0.1) is 0 Å². The van der Waals surface area contributed by atoms with Crippen LogP contribution >= 0.6 is 0 Å². The van der Waals surface area contributed by atoms with Crippen LogP contribution in [0.4, 0.5) is 4.79 Å². The van der Waals surface area contributed by atoms with Crippen molar-refractivity contribution in [3.05, 3.63) is 36.3 Å². The Kier molecular flexibility index (Phi) is 5.18. The van der Waals surface area contributed by atoms with E-state index in [1.54, 1.807) is 0 Å². The largest absolute Gasteiger partial charge is 0.480 e. The monoisotopic (exact) mass is 345 g/mol. The lowest BCUT2D eigenvalue weighted by molar-refractivity contribution is -0.139. The smallest absolute Gasteiger partial charge is 0.317 e. The van der Waals surface area contributed by atoms with Crippen molar-refractivity contribution >= 4 is 17.6 Å². The number of carboxylic acids is 1. The fourth-order valence-electron chi connectivity index (χ4n) is 3.16. The Labute approximate surface area is 145 Å². The number of urea groups is 1. The molecule has 8 heteroatoms. The zero-order valence-electron chi connectivity index (χ0n) is 14.2. The first-order chi connectivity index (χ1) is 12.0. The molecule has 1 aliphatic rings. The van der Waals surface area contributed by atoms with Crippen LogP contribution in [0.15, 0.2) is 30.6 Å². The number of nitrogens with zero attached hydrogens (tertiary/aromatic N) is 3. The molecule has 3 rings (SSSR count). The quantitative estimate of drug-likeness (QED) is 0.697. The Morgan fingerprint density at radius 3 is 2.88 bits per heavy atom. The summed E-state index contributed by atoms with van der Waals surface area (Å²) in [7, 11) is 0. The Hall–Kier alpha value is -2.61. The third-order valence-electron chi connectivity index (χ3n) is 4.55. The van der Waals surface area contributed by atoms with Gasteiger partial charge in [-0.25, -0.2) is 9.78 Å². The fraction of sp³-hybridized carbons (Fsp3) is 0.471. The molecule has 0 bridgehead atoms. The minimum Gasteiger partial charge on any atom is -0.480 e. The summed E-state index contributed by atoms with van der Waals surface area (Å²) in [6.07, 6.45) is 5.36. The molecule has 134 valence electrons. The van der Waals surface area contributed by atoms with Crippen molar-refractivity contribution in [2.75, 3.05) is 13.1 Å². The SMILES string of the molecule is CCN(CC(=O)O)C1CC(NC(=O)NCc2cn3ccccc3n2)C1. The number of carbonyl (C=O) groups excluding carboxylic acids is 1. The molecule has 3 N–H and O–H groups in total. The summed E-state index contributed by atoms with van der Waals surface area (Å²) in [6, 6.07) is 5.86. The molecule has 1 saturated carbocycles. The van der Waals surface area contributed by atoms with Crippen molar-refractivity contribution in [1.82, 2.24) is 24.9 Å². The number of pyridine rings is 1. The molecule has 2 aromatic rings. The molecule has 25 heavy (non-hydrogen) atoms. The van der Waals surface area contributed by atoms with E-state index in [0.717, 1.165) is 24.2 Å². The first-order valence-corrected chi connectivity index (χ1v) is 8.48. The topological polar surface area (TPSA) is 99.0 Å². The van der Waals surface area contributed by atoms with Gasteiger partial charge >= 0.3 is 12.0 Å². The van der Waals surface area contributed by atoms with Crippen molar-refractivity contribution in [1.29, 1.82) is 0 Å². The van der Waals surface area contributed by atoms with E-state index in [1.165, 1.54) is 0 Å². The third-order valence-corrected chi connectivity index (χ3v) is 4.55. The molecule has 0 radical (unpaired) electrons. The highest BCUT2D eigenvalue weighted by molar-refractivity contribution is 5.74. The van der Waals surface area contributed by atoms with Crippen molar-refractivity contribution in [3.8, 4) is 0 Å². The second-order valence-electron chi connectivity index (χ2n) is 6.30. The van der Waals surface area contributed by atoms with Crippen LogP contribution in [0.1, 0.15) is 25.5 Å². The number of nitrogens with one attached hydrogen (secondary N) is 2. The molecule has 2 aromatic heterocycles. The maximum Gasteiger partial charge on any atom is 0.317 e. The van der Waals surface area contributed by atoms with Crippen molar-refractivity contribution < 1.29 is 14.7 Å². The average molecular weight is 345 g/mol. The van der Waals surface area contributed by atoms with Crippen LogP contribution in [0.2, 0.25) is 0 Å². The summed E-state index contributed by atoms with van der Waals surface area (Å²) >= 11 is 0. The van der Waals surface area contributed by atoms with Gasteiger partial charge in [0.05, 0.1) is 18.8 Å². The van der Waals surface area contributed by atoms with Crippen LogP contribution in [0.3, 0.4) is 0 Å². The second-order valence-corrected chi connectivity index (χ2v) is 6.30. The number of fused-ring (bicyclic) bond motifs is 1. The van der Waals surface area contributed by atoms with Crippen molar-refractivity contribution in [2.45, 2.75) is 38.4 Å². The van der Waals surface area contributed by atoms with Gasteiger partial charge in [0.25, 0.3) is 0 Å². The summed E-state index contributed by atoms with van der Waals surface area (Å²) in [4.78, 5) is 29.2. The van der Waals surface area contributed by atoms with Gasteiger partial charge in [-0.05, 0) is 31.5 Å². The van der Waals surface area contributed by atoms with E-state index in [1.807, 2.05) is 46.8 Å². The summed E-state index contributed by atoms with van der Waals surface area (Å²) in [5.41, 5.74) is 1.64. The van der Waals surface area contributed by atoms with Crippen molar-refractivity contribution in [3.63, 3.8) is 0 Å². The average Bonchev–Trinajstić information content (AvgIpc) is 2.96. The van der Waals surface area contributed by atoms with Gasteiger partial charge < -0.3 is 20.1 Å². The molecular formula is C17H23N5O3. The first-order valence-electron chi connectivity index (χ1n) is 8.48. The molecule has 0 atom stereocenters. The van der Waals surface area contributed by atoms with Crippen LogP contribution in [0.25, 0.3) is 5.65 Å². The fourth-order valence-corrected chi connectivity index (χ4v) is 3.16. The lowest BCUT2D eigenvalue weighted by atomic mass is 9.85. The molecule has 0 unspecified atom stereocenters. The number of aromatic nitrogens is 2. The number of hydrogen-bond donors (Lipinski definition) is 3. The molecule has 0 saturated heterocycles. The van der Waals surface area contributed by atoms with E-state index in [0.29, 0.717) is 13.1 Å². The van der Waals surface area contributed by atoms with E-state index in [2.05, 4.69) is 15.6 Å². The molecular weight excluding hydrogens is 322 g/mol. The lowest BCUT2D eigenvalue weighted by Gasteiger charge is -2.42. The van der Waals surface area contributed by atoms with Gasteiger partial charge in [-0.3, -0.25) is 9.69 Å². The van der Waals surface area contributed by atoms with E-state index < -0.39 is 5.97 Å². The highest BCUT2D eigenvalue weighted by Gasteiger charge is 2.34. The molecule has 0 aliphatic heterocycles. The molecule has 1 fully saturated rings. The van der Waals surface area contributed by atoms with Crippen LogP contribution in [0, 0.1) is 0 Å². The summed E-state index contributed by atoms with van der Waals surface area (Å²) in [5.74, 6) is -0.816. The van der Waals surface area contributed by atoms with Crippen LogP contribution in [-0.4, -0.2) is 56.6 Å². The maximum absolute atomic E-state index is 12.0. The van der Waals surface area contributed by atoms with Gasteiger partial charge in [0, 0.05) is 24.5 Å². The predicted octanol–water partition coefficient (Wildman–Crippen LogP) is 1.07. The number of imidazole rings is 1. The summed E-state index contributed by atoms with van der Waals surface area (Å²) < 4.78 is 1.91. The Morgan fingerprint density at radius 2 is 2.20 bits per heavy atom. The van der Waals surface area contributed by atoms with Crippen molar-refractivity contribution in [2.24, 2.45) is 0 Å². The van der Waals surface area contributed by atoms with E-state index in [4.69, 9.17) is 5.11 Å². The van der Waals surface area contributed by atoms with Gasteiger partial charge in [-0.1, -0.05) is 13.0 Å². The molecule has 2 heterocycles. The highest BCUT2D eigenvalue weighted by Crippen LogP contribution is 2.25. The molecule has 0 aromatic carbocycles. The van der Waals surface area contributed by atoms with Gasteiger partial charge in [-0.2, -0.15) is 0 Å². The minimum atomic E-state index is -0.816. The number of rotatable bonds is 7. The zero-order chi connectivity index (χ0) is 17.8. The lowest BCUT2D eigenvalue weighted by Crippen LogP contribution is -2.56. The number of aliphatic carboxylic acids is 1. The van der Waals surface area contributed by atoms with Crippen LogP contribution in [-0.2, 0) is 11.3 Å². The number of hydrogen-bond acceptors (Lipinski definition) is 4. The van der Waals surface area contributed by atoms with E-state index >= 15 is 0 Å². The summed E-state index contributed by atoms with van der Waals surface area (Å²) in [5, 5.41) is 14.6. The third kappa shape index (κ3) is 4.27. The highest BCUT2D eigenvalue weighted by atomic mass is 16.4. The van der Waals surface area contributed by atoms with Gasteiger partial charge in [0.15, 0.2) is 0 Å². The molecule has 8 nitrogen and oxygen atoms in total. The molecule has 2 amide bonds. The molecule has 0 spiro atoms. The normalized spacial score (nSPS) is 19.6. The number of amides is 2. The molecule has 1 aliphatic carbocycles. The maximum atomic E-state index is 12.0. The first kappa shape index (κ1) is 17.2. The number of carboxylic acid groups (broad SMARTS) is 1. The van der Waals surface area contributed by atoms with E-state index in [-0.39, 0.29) is 24.7 Å². The minimum absolute atomic E-state index is 0.0496. The number of carbonyl (C=O) groups is 2. The Bertz CT molecular complexity index is 721. The second kappa shape index (κ2) is 7.52.